The third-order valence-electron chi connectivity index (χ3n) is 4.71. The Morgan fingerprint density at radius 1 is 1.00 bits per heavy atom. The fourth-order valence-corrected chi connectivity index (χ4v) is 4.17. The maximum absolute atomic E-state index is 12.8. The maximum Gasteiger partial charge on any atom is 0.322 e. The van der Waals surface area contributed by atoms with Crippen LogP contribution >= 0.6 is 0 Å². The molecule has 4 rings (SSSR count). The molecule has 2 aromatic carbocycles. The van der Waals surface area contributed by atoms with Crippen molar-refractivity contribution in [3.05, 3.63) is 83.7 Å². The number of aromatic amines is 1. The molecule has 4 aromatic rings. The number of nitrogens with one attached hydrogen (secondary N) is 1. The van der Waals surface area contributed by atoms with E-state index in [0.717, 1.165) is 33.6 Å². The minimum Gasteiger partial charge on any atom is -0.609 e. The van der Waals surface area contributed by atoms with Crippen LogP contribution in [0.4, 0.5) is 0 Å². The summed E-state index contributed by atoms with van der Waals surface area (Å²) in [7, 11) is 0. The van der Waals surface area contributed by atoms with Crippen molar-refractivity contribution in [2.24, 2.45) is 0 Å². The van der Waals surface area contributed by atoms with Crippen LogP contribution in [0.5, 0.6) is 5.75 Å². The summed E-state index contributed by atoms with van der Waals surface area (Å²) in [5.74, 6) is 0.998. The van der Waals surface area contributed by atoms with Crippen LogP contribution in [0.1, 0.15) is 16.8 Å². The molecule has 1 unspecified atom stereocenters. The second-order valence-electron chi connectivity index (χ2n) is 6.82. The largest absolute Gasteiger partial charge is 0.609 e. The van der Waals surface area contributed by atoms with Crippen LogP contribution < -0.4 is 4.74 Å². The number of imidazole rings is 1. The topological polar surface area (TPSA) is 83.1 Å². The Labute approximate surface area is 178 Å². The van der Waals surface area contributed by atoms with Gasteiger partial charge in [-0.1, -0.05) is 42.5 Å². The molecule has 154 valence electrons. The molecule has 6 nitrogen and oxygen atoms in total. The van der Waals surface area contributed by atoms with Crippen LogP contribution in [-0.2, 0) is 28.3 Å². The first kappa shape index (κ1) is 20.4. The quantitative estimate of drug-likeness (QED) is 0.324. The number of pyridine rings is 1. The van der Waals surface area contributed by atoms with E-state index < -0.39 is 11.2 Å². The van der Waals surface area contributed by atoms with Crippen molar-refractivity contribution in [2.45, 2.75) is 24.4 Å². The molecule has 0 saturated heterocycles. The lowest BCUT2D eigenvalue weighted by Gasteiger charge is -2.13. The average molecular weight is 422 g/mol. The second-order valence-corrected chi connectivity index (χ2v) is 8.18. The van der Waals surface area contributed by atoms with Gasteiger partial charge in [-0.15, -0.1) is 0 Å². The highest BCUT2D eigenvalue weighted by Gasteiger charge is 2.20. The van der Waals surface area contributed by atoms with Gasteiger partial charge in [-0.05, 0) is 30.7 Å². The summed E-state index contributed by atoms with van der Waals surface area (Å²) in [6.45, 7) is 3.40. The van der Waals surface area contributed by atoms with E-state index in [-0.39, 0.29) is 5.75 Å². The Kier molecular flexibility index (Phi) is 6.63. The first-order valence-corrected chi connectivity index (χ1v) is 11.0. The van der Waals surface area contributed by atoms with Crippen LogP contribution in [0.2, 0.25) is 0 Å². The van der Waals surface area contributed by atoms with Crippen molar-refractivity contribution < 1.29 is 14.0 Å². The molecule has 0 aliphatic heterocycles. The highest BCUT2D eigenvalue weighted by atomic mass is 32.2. The van der Waals surface area contributed by atoms with Crippen LogP contribution in [0.15, 0.2) is 72.0 Å². The van der Waals surface area contributed by atoms with Gasteiger partial charge in [-0.3, -0.25) is 9.97 Å². The van der Waals surface area contributed by atoms with Crippen LogP contribution in [0.25, 0.3) is 11.0 Å². The summed E-state index contributed by atoms with van der Waals surface area (Å²) < 4.78 is 24.3. The second kappa shape index (κ2) is 9.75. The van der Waals surface area contributed by atoms with E-state index in [2.05, 4.69) is 15.0 Å². The van der Waals surface area contributed by atoms with Crippen molar-refractivity contribution in [2.75, 3.05) is 13.2 Å². The number of aromatic nitrogens is 3. The van der Waals surface area contributed by atoms with E-state index in [1.165, 1.54) is 0 Å². The molecule has 0 saturated carbocycles. The summed E-state index contributed by atoms with van der Waals surface area (Å²) in [5, 5.41) is 0.457. The van der Waals surface area contributed by atoms with Crippen LogP contribution in [0, 0.1) is 6.92 Å². The van der Waals surface area contributed by atoms with Gasteiger partial charge in [0.05, 0.1) is 29.9 Å². The molecule has 0 bridgehead atoms. The van der Waals surface area contributed by atoms with E-state index in [4.69, 9.17) is 9.47 Å². The zero-order valence-corrected chi connectivity index (χ0v) is 17.5. The van der Waals surface area contributed by atoms with Crippen molar-refractivity contribution >= 4 is 22.2 Å². The molecule has 0 aliphatic carbocycles. The molecule has 0 aliphatic rings. The molecule has 2 heterocycles. The standard InChI is InChI=1S/C23H23N3O3S/c1-17-21(16-30(27)23-25-19-9-5-6-10-20(19)26-23)24-12-11-22(17)29-14-13-28-15-18-7-3-2-4-8-18/h2-12H,13-16H2,1H3,(H,25,26). The molecule has 1 atom stereocenters. The Morgan fingerprint density at radius 3 is 2.63 bits per heavy atom. The summed E-state index contributed by atoms with van der Waals surface area (Å²) in [6, 6.07) is 19.5. The lowest BCUT2D eigenvalue weighted by molar-refractivity contribution is 0.0886. The van der Waals surface area contributed by atoms with E-state index in [9.17, 15) is 4.55 Å². The molecule has 0 amide bonds. The van der Waals surface area contributed by atoms with E-state index in [0.29, 0.717) is 25.0 Å². The van der Waals surface area contributed by atoms with Gasteiger partial charge in [0.2, 0.25) is 0 Å². The molecule has 2 aromatic heterocycles. The Hall–Kier alpha value is -2.87. The van der Waals surface area contributed by atoms with Gasteiger partial charge in [0.1, 0.15) is 12.4 Å². The van der Waals surface area contributed by atoms with Crippen molar-refractivity contribution in [3.8, 4) is 5.75 Å². The highest BCUT2D eigenvalue weighted by Crippen LogP contribution is 2.23. The van der Waals surface area contributed by atoms with Gasteiger partial charge < -0.3 is 14.0 Å². The van der Waals surface area contributed by atoms with Gasteiger partial charge in [-0.2, -0.15) is 4.98 Å². The highest BCUT2D eigenvalue weighted by molar-refractivity contribution is 7.90. The smallest absolute Gasteiger partial charge is 0.322 e. The van der Waals surface area contributed by atoms with Crippen molar-refractivity contribution in [3.63, 3.8) is 0 Å². The van der Waals surface area contributed by atoms with Gasteiger partial charge in [0.15, 0.2) is 5.75 Å². The fourth-order valence-electron chi connectivity index (χ4n) is 3.07. The number of para-hydroxylation sites is 2. The SMILES string of the molecule is Cc1c(OCCOCc2ccccc2)ccnc1C[S+]([O-])c1nc2ccccc2[nH]1. The monoisotopic (exact) mass is 421 g/mol. The molecule has 1 N–H and O–H groups in total. The number of hydrogen-bond donors (Lipinski definition) is 1. The number of H-pyrrole nitrogens is 1. The van der Waals surface area contributed by atoms with Crippen molar-refractivity contribution in [1.82, 2.24) is 15.0 Å². The maximum atomic E-state index is 12.8. The minimum atomic E-state index is -1.32. The number of ether oxygens (including phenoxy) is 2. The van der Waals surface area contributed by atoms with E-state index in [1.807, 2.05) is 67.6 Å². The third kappa shape index (κ3) is 4.99. The number of fused-ring (bicyclic) bond motifs is 1. The van der Waals surface area contributed by atoms with Crippen LogP contribution in [-0.4, -0.2) is 32.7 Å². The lowest BCUT2D eigenvalue weighted by atomic mass is 10.2. The Balaban J connectivity index is 1.33. The van der Waals surface area contributed by atoms with E-state index in [1.54, 1.807) is 6.20 Å². The molecule has 30 heavy (non-hydrogen) atoms. The molecule has 7 heteroatoms. The Bertz CT molecular complexity index is 1070. The number of rotatable bonds is 9. The summed E-state index contributed by atoms with van der Waals surface area (Å²) >= 11 is -1.32. The predicted molar refractivity (Wildman–Crippen MR) is 117 cm³/mol. The number of nitrogens with zero attached hydrogens (tertiary/aromatic N) is 2. The molecule has 0 radical (unpaired) electrons. The normalized spacial score (nSPS) is 12.2. The van der Waals surface area contributed by atoms with Gasteiger partial charge in [0.25, 0.3) is 0 Å². The minimum absolute atomic E-state index is 0.271. The fraction of sp³-hybridized carbons (Fsp3) is 0.217. The summed E-state index contributed by atoms with van der Waals surface area (Å²) in [5.41, 5.74) is 4.42. The zero-order chi connectivity index (χ0) is 20.8. The molecule has 0 spiro atoms. The van der Waals surface area contributed by atoms with Gasteiger partial charge in [-0.25, -0.2) is 0 Å². The Morgan fingerprint density at radius 2 is 1.80 bits per heavy atom. The van der Waals surface area contributed by atoms with E-state index >= 15 is 0 Å². The first-order chi connectivity index (χ1) is 14.7. The molecular weight excluding hydrogens is 398 g/mol. The third-order valence-corrected chi connectivity index (χ3v) is 5.87. The van der Waals surface area contributed by atoms with Gasteiger partial charge >= 0.3 is 5.16 Å². The predicted octanol–water partition coefficient (Wildman–Crippen LogP) is 4.17. The van der Waals surface area contributed by atoms with Crippen molar-refractivity contribution in [1.29, 1.82) is 0 Å². The summed E-state index contributed by atoms with van der Waals surface area (Å²) in [6.07, 6.45) is 1.68. The number of benzene rings is 2. The zero-order valence-electron chi connectivity index (χ0n) is 16.7. The average Bonchev–Trinajstić information content (AvgIpc) is 3.21. The molecule has 0 fully saturated rings. The summed E-state index contributed by atoms with van der Waals surface area (Å²) in [4.78, 5) is 11.9. The lowest BCUT2D eigenvalue weighted by Crippen LogP contribution is -2.11. The van der Waals surface area contributed by atoms with Gasteiger partial charge in [0, 0.05) is 22.9 Å². The molecular formula is C23H23N3O3S. The number of hydrogen-bond acceptors (Lipinski definition) is 5. The first-order valence-electron chi connectivity index (χ1n) is 9.73. The van der Waals surface area contributed by atoms with Crippen LogP contribution in [0.3, 0.4) is 0 Å².